The van der Waals surface area contributed by atoms with Gasteiger partial charge in [-0.1, -0.05) is 44.2 Å². The van der Waals surface area contributed by atoms with Gasteiger partial charge in [0.2, 0.25) is 5.91 Å². The van der Waals surface area contributed by atoms with Gasteiger partial charge in [0.05, 0.1) is 6.04 Å². The average Bonchev–Trinajstić information content (AvgIpc) is 2.49. The zero-order chi connectivity index (χ0) is 17.5. The summed E-state index contributed by atoms with van der Waals surface area (Å²) in [6.45, 7) is 9.62. The third-order valence-electron chi connectivity index (χ3n) is 3.43. The van der Waals surface area contributed by atoms with Crippen LogP contribution in [0.25, 0.3) is 0 Å². The van der Waals surface area contributed by atoms with Crippen molar-refractivity contribution in [1.29, 1.82) is 0 Å². The van der Waals surface area contributed by atoms with E-state index in [9.17, 15) is 9.59 Å². The molecule has 1 aromatic carbocycles. The molecule has 128 valence electrons. The van der Waals surface area contributed by atoms with Crippen LogP contribution in [0.1, 0.15) is 52.6 Å². The van der Waals surface area contributed by atoms with Crippen molar-refractivity contribution in [2.45, 2.75) is 52.7 Å². The predicted octanol–water partition coefficient (Wildman–Crippen LogP) is 3.41. The van der Waals surface area contributed by atoms with Crippen LogP contribution in [0.4, 0.5) is 4.79 Å². The van der Waals surface area contributed by atoms with Gasteiger partial charge in [0.1, 0.15) is 5.60 Å². The molecule has 0 fully saturated rings. The highest BCUT2D eigenvalue weighted by Gasteiger charge is 2.21. The molecule has 2 atom stereocenters. The van der Waals surface area contributed by atoms with E-state index in [4.69, 9.17) is 4.74 Å². The van der Waals surface area contributed by atoms with Crippen molar-refractivity contribution in [2.75, 3.05) is 6.54 Å². The summed E-state index contributed by atoms with van der Waals surface area (Å²) in [4.78, 5) is 24.0. The highest BCUT2D eigenvalue weighted by molar-refractivity contribution is 5.78. The molecule has 1 aromatic rings. The second-order valence-corrected chi connectivity index (χ2v) is 6.66. The molecule has 0 aliphatic heterocycles. The molecule has 2 unspecified atom stereocenters. The number of rotatable bonds is 6. The Kier molecular flexibility index (Phi) is 7.07. The van der Waals surface area contributed by atoms with Crippen LogP contribution in [0.5, 0.6) is 0 Å². The van der Waals surface area contributed by atoms with Gasteiger partial charge in [0.25, 0.3) is 0 Å². The van der Waals surface area contributed by atoms with Crippen molar-refractivity contribution in [3.05, 3.63) is 35.9 Å². The van der Waals surface area contributed by atoms with Crippen LogP contribution in [-0.2, 0) is 9.53 Å². The summed E-state index contributed by atoms with van der Waals surface area (Å²) in [5.74, 6) is -0.0626. The van der Waals surface area contributed by atoms with Gasteiger partial charge in [-0.15, -0.1) is 0 Å². The fraction of sp³-hybridized carbons (Fsp3) is 0.556. The van der Waals surface area contributed by atoms with Gasteiger partial charge in [0.15, 0.2) is 0 Å². The van der Waals surface area contributed by atoms with Gasteiger partial charge in [-0.25, -0.2) is 4.79 Å². The van der Waals surface area contributed by atoms with E-state index in [0.29, 0.717) is 6.54 Å². The summed E-state index contributed by atoms with van der Waals surface area (Å²) in [5, 5.41) is 5.72. The first kappa shape index (κ1) is 19.0. The van der Waals surface area contributed by atoms with Gasteiger partial charge >= 0.3 is 6.09 Å². The third-order valence-corrected chi connectivity index (χ3v) is 3.43. The number of carbonyl (C=O) groups excluding carboxylic acids is 2. The van der Waals surface area contributed by atoms with Crippen LogP contribution < -0.4 is 10.6 Å². The minimum absolute atomic E-state index is 0.0144. The molecule has 2 N–H and O–H groups in total. The topological polar surface area (TPSA) is 67.4 Å². The number of hydrogen-bond acceptors (Lipinski definition) is 3. The third kappa shape index (κ3) is 7.17. The van der Waals surface area contributed by atoms with Crippen molar-refractivity contribution in [1.82, 2.24) is 10.6 Å². The molecular formula is C18H28N2O3. The molecule has 0 saturated heterocycles. The van der Waals surface area contributed by atoms with Crippen molar-refractivity contribution < 1.29 is 14.3 Å². The molecule has 0 radical (unpaired) electrons. The summed E-state index contributed by atoms with van der Waals surface area (Å²) in [6.07, 6.45) is 0.283. The lowest BCUT2D eigenvalue weighted by Crippen LogP contribution is -2.41. The monoisotopic (exact) mass is 320 g/mol. The van der Waals surface area contributed by atoms with Gasteiger partial charge in [-0.3, -0.25) is 4.79 Å². The standard InChI is InChI=1S/C18H28N2O3/c1-6-13(2)16(21)19-12-15(14-10-8-7-9-11-14)20-17(22)23-18(3,4)5/h7-11,13,15H,6,12H2,1-5H3,(H,19,21)(H,20,22). The molecule has 23 heavy (non-hydrogen) atoms. The second kappa shape index (κ2) is 8.56. The lowest BCUT2D eigenvalue weighted by atomic mass is 10.1. The first-order chi connectivity index (χ1) is 10.7. The normalized spacial score (nSPS) is 13.8. The molecule has 0 aliphatic carbocycles. The molecule has 2 amide bonds. The summed E-state index contributed by atoms with van der Waals surface area (Å²) in [6, 6.07) is 9.20. The van der Waals surface area contributed by atoms with Crippen molar-refractivity contribution >= 4 is 12.0 Å². The Morgan fingerprint density at radius 2 is 1.78 bits per heavy atom. The maximum absolute atomic E-state index is 12.0. The van der Waals surface area contributed by atoms with Gasteiger partial charge in [-0.05, 0) is 32.8 Å². The van der Waals surface area contributed by atoms with Crippen LogP contribution in [-0.4, -0.2) is 24.1 Å². The van der Waals surface area contributed by atoms with Crippen molar-refractivity contribution in [2.24, 2.45) is 5.92 Å². The fourth-order valence-corrected chi connectivity index (χ4v) is 1.95. The molecule has 0 heterocycles. The summed E-state index contributed by atoms with van der Waals surface area (Å²) in [5.41, 5.74) is 0.355. The predicted molar refractivity (Wildman–Crippen MR) is 91.0 cm³/mol. The molecule has 5 heteroatoms. The van der Waals surface area contributed by atoms with Gasteiger partial charge < -0.3 is 15.4 Å². The number of benzene rings is 1. The molecule has 0 aliphatic rings. The fourth-order valence-electron chi connectivity index (χ4n) is 1.95. The molecule has 0 spiro atoms. The highest BCUT2D eigenvalue weighted by atomic mass is 16.6. The van der Waals surface area contributed by atoms with Crippen LogP contribution in [0.15, 0.2) is 30.3 Å². The number of hydrogen-bond donors (Lipinski definition) is 2. The molecule has 0 aromatic heterocycles. The van der Waals surface area contributed by atoms with E-state index in [0.717, 1.165) is 12.0 Å². The van der Waals surface area contributed by atoms with E-state index in [1.807, 2.05) is 65.0 Å². The Hall–Kier alpha value is -2.04. The van der Waals surface area contributed by atoms with E-state index < -0.39 is 11.7 Å². The van der Waals surface area contributed by atoms with E-state index in [2.05, 4.69) is 10.6 Å². The molecule has 0 bridgehead atoms. The smallest absolute Gasteiger partial charge is 0.408 e. The van der Waals surface area contributed by atoms with E-state index in [1.54, 1.807) is 0 Å². The minimum Gasteiger partial charge on any atom is -0.444 e. The summed E-state index contributed by atoms with van der Waals surface area (Å²) in [7, 11) is 0. The van der Waals surface area contributed by atoms with Gasteiger partial charge in [-0.2, -0.15) is 0 Å². The quantitative estimate of drug-likeness (QED) is 0.844. The van der Waals surface area contributed by atoms with Crippen LogP contribution >= 0.6 is 0 Å². The van der Waals surface area contributed by atoms with Crippen LogP contribution in [0.3, 0.4) is 0 Å². The Labute approximate surface area is 138 Å². The second-order valence-electron chi connectivity index (χ2n) is 6.66. The molecule has 5 nitrogen and oxygen atoms in total. The number of alkyl carbamates (subject to hydrolysis) is 1. The van der Waals surface area contributed by atoms with E-state index in [1.165, 1.54) is 0 Å². The SMILES string of the molecule is CCC(C)C(=O)NCC(NC(=O)OC(C)(C)C)c1ccccc1. The molecule has 1 rings (SSSR count). The Balaban J connectivity index is 2.75. The average molecular weight is 320 g/mol. The Morgan fingerprint density at radius 1 is 1.17 bits per heavy atom. The van der Waals surface area contributed by atoms with Gasteiger partial charge in [0, 0.05) is 12.5 Å². The number of nitrogens with one attached hydrogen (secondary N) is 2. The lowest BCUT2D eigenvalue weighted by Gasteiger charge is -2.24. The first-order valence-electron chi connectivity index (χ1n) is 8.05. The highest BCUT2D eigenvalue weighted by Crippen LogP contribution is 2.14. The minimum atomic E-state index is -0.564. The van der Waals surface area contributed by atoms with Crippen molar-refractivity contribution in [3.8, 4) is 0 Å². The number of ether oxygens (including phenoxy) is 1. The first-order valence-corrected chi connectivity index (χ1v) is 8.05. The molecular weight excluding hydrogens is 292 g/mol. The Morgan fingerprint density at radius 3 is 2.30 bits per heavy atom. The van der Waals surface area contributed by atoms with E-state index in [-0.39, 0.29) is 17.9 Å². The number of amides is 2. The Bertz CT molecular complexity index is 509. The maximum Gasteiger partial charge on any atom is 0.408 e. The summed E-state index contributed by atoms with van der Waals surface area (Å²) >= 11 is 0. The maximum atomic E-state index is 12.0. The van der Waals surface area contributed by atoms with Crippen LogP contribution in [0.2, 0.25) is 0 Å². The van der Waals surface area contributed by atoms with Crippen molar-refractivity contribution in [3.63, 3.8) is 0 Å². The summed E-state index contributed by atoms with van der Waals surface area (Å²) < 4.78 is 5.30. The molecule has 0 saturated carbocycles. The lowest BCUT2D eigenvalue weighted by molar-refractivity contribution is -0.124. The zero-order valence-electron chi connectivity index (χ0n) is 14.7. The van der Waals surface area contributed by atoms with Crippen LogP contribution in [0, 0.1) is 5.92 Å². The zero-order valence-corrected chi connectivity index (χ0v) is 14.7. The van der Waals surface area contributed by atoms with E-state index >= 15 is 0 Å². The number of carbonyl (C=O) groups is 2. The largest absolute Gasteiger partial charge is 0.444 e.